The van der Waals surface area contributed by atoms with E-state index in [4.69, 9.17) is 0 Å². The Morgan fingerprint density at radius 3 is 1.87 bits per heavy atom. The van der Waals surface area contributed by atoms with Gasteiger partial charge in [0.2, 0.25) is 15.9 Å². The second-order valence-electron chi connectivity index (χ2n) is 9.92. The molecule has 2 atom stereocenters. The second-order valence-corrected chi connectivity index (χ2v) is 11.6. The number of amides is 1. The van der Waals surface area contributed by atoms with Crippen molar-refractivity contribution in [3.8, 4) is 11.1 Å². The number of piperidine rings is 1. The van der Waals surface area contributed by atoms with E-state index >= 15 is 0 Å². The molecule has 4 aromatic rings. The maximum atomic E-state index is 13.2. The number of carbonyl (C=O) groups is 1. The molecule has 1 aliphatic heterocycles. The summed E-state index contributed by atoms with van der Waals surface area (Å²) in [6.07, 6.45) is 0.432. The molecule has 0 radical (unpaired) electrons. The van der Waals surface area contributed by atoms with E-state index in [1.165, 1.54) is 0 Å². The smallest absolute Gasteiger partial charge is 0.240 e. The van der Waals surface area contributed by atoms with Gasteiger partial charge in [-0.05, 0) is 40.8 Å². The van der Waals surface area contributed by atoms with Crippen LogP contribution in [0.5, 0.6) is 0 Å². The van der Waals surface area contributed by atoms with Crippen LogP contribution < -0.4 is 15.4 Å². The van der Waals surface area contributed by atoms with Gasteiger partial charge in [-0.3, -0.25) is 4.79 Å². The molecule has 7 heteroatoms. The van der Waals surface area contributed by atoms with Gasteiger partial charge in [0.25, 0.3) is 0 Å². The highest BCUT2D eigenvalue weighted by molar-refractivity contribution is 7.89. The van der Waals surface area contributed by atoms with Crippen LogP contribution in [0.3, 0.4) is 0 Å². The maximum Gasteiger partial charge on any atom is 0.240 e. The minimum Gasteiger partial charge on any atom is -0.355 e. The fourth-order valence-corrected chi connectivity index (χ4v) is 6.37. The molecule has 1 aliphatic rings. The minimum atomic E-state index is -3.73. The van der Waals surface area contributed by atoms with Crippen LogP contribution in [0, 0.1) is 5.92 Å². The van der Waals surface area contributed by atoms with Gasteiger partial charge < -0.3 is 10.6 Å². The summed E-state index contributed by atoms with van der Waals surface area (Å²) in [6.45, 7) is 1.45. The van der Waals surface area contributed by atoms with Crippen LogP contribution in [-0.2, 0) is 14.8 Å². The van der Waals surface area contributed by atoms with Crippen molar-refractivity contribution in [3.63, 3.8) is 0 Å². The summed E-state index contributed by atoms with van der Waals surface area (Å²) in [5.74, 6) is -0.379. The summed E-state index contributed by atoms with van der Waals surface area (Å²) in [7, 11) is -3.73. The van der Waals surface area contributed by atoms with Gasteiger partial charge in [0, 0.05) is 31.6 Å². The van der Waals surface area contributed by atoms with E-state index in [0.717, 1.165) is 22.3 Å². The lowest BCUT2D eigenvalue weighted by molar-refractivity contribution is -0.125. The van der Waals surface area contributed by atoms with Crippen LogP contribution in [0.25, 0.3) is 11.1 Å². The Morgan fingerprint density at radius 2 is 1.28 bits per heavy atom. The normalized spacial score (nSPS) is 17.6. The third kappa shape index (κ3) is 6.81. The summed E-state index contributed by atoms with van der Waals surface area (Å²) in [5, 5.41) is 6.36. The monoisotopic (exact) mass is 539 g/mol. The standard InChI is InChI=1S/C32H33N3O3S/c36-32(34-23-31(26-12-6-2-7-13-26)27-14-8-3-9-15-27)28-20-29(22-33-21-28)35-39(37,38)30-18-16-25(17-19-30)24-10-4-1-5-11-24/h1-19,28-29,31,33,35H,20-23H2,(H,34,36). The Bertz CT molecular complexity index is 1420. The van der Waals surface area contributed by atoms with E-state index in [-0.39, 0.29) is 28.7 Å². The van der Waals surface area contributed by atoms with Crippen LogP contribution in [0.15, 0.2) is 120 Å². The highest BCUT2D eigenvalue weighted by Crippen LogP contribution is 2.25. The van der Waals surface area contributed by atoms with Crippen LogP contribution in [0.1, 0.15) is 23.5 Å². The van der Waals surface area contributed by atoms with Gasteiger partial charge in [-0.25, -0.2) is 13.1 Å². The van der Waals surface area contributed by atoms with Gasteiger partial charge in [-0.15, -0.1) is 0 Å². The topological polar surface area (TPSA) is 87.3 Å². The molecule has 0 spiro atoms. The molecular weight excluding hydrogens is 506 g/mol. The molecule has 0 saturated carbocycles. The predicted octanol–water partition coefficient (Wildman–Crippen LogP) is 4.56. The predicted molar refractivity (Wildman–Crippen MR) is 155 cm³/mol. The molecule has 1 amide bonds. The first kappa shape index (κ1) is 26.8. The van der Waals surface area contributed by atoms with E-state index in [2.05, 4.69) is 39.6 Å². The third-order valence-corrected chi connectivity index (χ3v) is 8.74. The quantitative estimate of drug-likeness (QED) is 0.291. The van der Waals surface area contributed by atoms with Crippen LogP contribution in [-0.4, -0.2) is 40.0 Å². The van der Waals surface area contributed by atoms with Gasteiger partial charge in [-0.1, -0.05) is 103 Å². The first-order valence-electron chi connectivity index (χ1n) is 13.3. The summed E-state index contributed by atoms with van der Waals surface area (Å²) >= 11 is 0. The lowest BCUT2D eigenvalue weighted by Gasteiger charge is -2.30. The maximum absolute atomic E-state index is 13.2. The number of rotatable bonds is 9. The molecular formula is C32H33N3O3S. The fraction of sp³-hybridized carbons (Fsp3) is 0.219. The molecule has 1 fully saturated rings. The zero-order chi connectivity index (χ0) is 27.1. The molecule has 6 nitrogen and oxygen atoms in total. The molecule has 0 aliphatic carbocycles. The van der Waals surface area contributed by atoms with Crippen molar-refractivity contribution in [2.45, 2.75) is 23.3 Å². The van der Waals surface area contributed by atoms with E-state index in [9.17, 15) is 13.2 Å². The van der Waals surface area contributed by atoms with Crippen molar-refractivity contribution >= 4 is 15.9 Å². The Labute approximate surface area is 230 Å². The van der Waals surface area contributed by atoms with Gasteiger partial charge in [0.1, 0.15) is 0 Å². The highest BCUT2D eigenvalue weighted by Gasteiger charge is 2.30. The van der Waals surface area contributed by atoms with E-state index < -0.39 is 10.0 Å². The van der Waals surface area contributed by atoms with Crippen LogP contribution in [0.4, 0.5) is 0 Å². The minimum absolute atomic E-state index is 0.0288. The van der Waals surface area contributed by atoms with Crippen molar-refractivity contribution < 1.29 is 13.2 Å². The van der Waals surface area contributed by atoms with Gasteiger partial charge in [0.05, 0.1) is 10.8 Å². The van der Waals surface area contributed by atoms with Crippen molar-refractivity contribution in [3.05, 3.63) is 126 Å². The number of hydrogen-bond acceptors (Lipinski definition) is 4. The summed E-state index contributed by atoms with van der Waals surface area (Å²) in [5.41, 5.74) is 4.25. The zero-order valence-corrected chi connectivity index (χ0v) is 22.5. The largest absolute Gasteiger partial charge is 0.355 e. The zero-order valence-electron chi connectivity index (χ0n) is 21.7. The Kier molecular flexibility index (Phi) is 8.51. The SMILES string of the molecule is O=C(NCC(c1ccccc1)c1ccccc1)C1CNCC(NS(=O)(=O)c2ccc(-c3ccccc3)cc2)C1. The van der Waals surface area contributed by atoms with Gasteiger partial charge in [-0.2, -0.15) is 0 Å². The third-order valence-electron chi connectivity index (χ3n) is 7.20. The Morgan fingerprint density at radius 1 is 0.744 bits per heavy atom. The summed E-state index contributed by atoms with van der Waals surface area (Å²) in [6, 6.07) is 36.6. The first-order valence-corrected chi connectivity index (χ1v) is 14.7. The van der Waals surface area contributed by atoms with Gasteiger partial charge >= 0.3 is 0 Å². The molecule has 4 aromatic carbocycles. The molecule has 3 N–H and O–H groups in total. The molecule has 5 rings (SSSR count). The number of carbonyl (C=O) groups excluding carboxylic acids is 1. The Balaban J connectivity index is 1.21. The molecule has 1 heterocycles. The lowest BCUT2D eigenvalue weighted by Crippen LogP contribution is -2.52. The fourth-order valence-electron chi connectivity index (χ4n) is 5.12. The van der Waals surface area contributed by atoms with Crippen LogP contribution in [0.2, 0.25) is 0 Å². The molecule has 2 unspecified atom stereocenters. The lowest BCUT2D eigenvalue weighted by atomic mass is 9.90. The molecule has 0 aromatic heterocycles. The highest BCUT2D eigenvalue weighted by atomic mass is 32.2. The van der Waals surface area contributed by atoms with Crippen molar-refractivity contribution in [2.75, 3.05) is 19.6 Å². The van der Waals surface area contributed by atoms with Crippen molar-refractivity contribution in [1.29, 1.82) is 0 Å². The van der Waals surface area contributed by atoms with E-state index in [0.29, 0.717) is 26.1 Å². The van der Waals surface area contributed by atoms with Gasteiger partial charge in [0.15, 0.2) is 0 Å². The molecule has 1 saturated heterocycles. The second kappa shape index (κ2) is 12.4. The molecule has 200 valence electrons. The van der Waals surface area contributed by atoms with Crippen LogP contribution >= 0.6 is 0 Å². The number of nitrogens with one attached hydrogen (secondary N) is 3. The number of benzene rings is 4. The first-order chi connectivity index (χ1) is 19.0. The Hall–Kier alpha value is -3.78. The van der Waals surface area contributed by atoms with E-state index in [1.54, 1.807) is 12.1 Å². The molecule has 39 heavy (non-hydrogen) atoms. The summed E-state index contributed by atoms with van der Waals surface area (Å²) < 4.78 is 29.0. The van der Waals surface area contributed by atoms with Crippen molar-refractivity contribution in [1.82, 2.24) is 15.4 Å². The average Bonchev–Trinajstić information content (AvgIpc) is 2.99. The molecule has 0 bridgehead atoms. The number of hydrogen-bond donors (Lipinski definition) is 3. The number of sulfonamides is 1. The van der Waals surface area contributed by atoms with E-state index in [1.807, 2.05) is 78.9 Å². The summed E-state index contributed by atoms with van der Waals surface area (Å²) in [4.78, 5) is 13.4. The van der Waals surface area contributed by atoms with Crippen molar-refractivity contribution in [2.24, 2.45) is 5.92 Å². The average molecular weight is 540 g/mol.